The van der Waals surface area contributed by atoms with E-state index >= 15 is 0 Å². The Bertz CT molecular complexity index is 5150. The molecule has 3 atom stereocenters. The largest absolute Gasteiger partial charge is 0.493 e. The Labute approximate surface area is 625 Å². The Morgan fingerprint density at radius 1 is 0.476 bits per heavy atom. The van der Waals surface area contributed by atoms with Gasteiger partial charge in [-0.15, -0.1) is 22.7 Å². The van der Waals surface area contributed by atoms with Gasteiger partial charge in [-0.25, -0.2) is 40.2 Å². The van der Waals surface area contributed by atoms with Crippen LogP contribution in [0.5, 0.6) is 40.2 Å². The fourth-order valence-electron chi connectivity index (χ4n) is 10.6. The first kappa shape index (κ1) is 79.6. The predicted molar refractivity (Wildman–Crippen MR) is 406 cm³/mol. The second kappa shape index (κ2) is 34.2. The second-order valence-corrected chi connectivity index (χ2v) is 33.7. The van der Waals surface area contributed by atoms with Crippen LogP contribution in [0.25, 0.3) is 30.6 Å². The molecule has 0 bridgehead atoms. The molecule has 11 rings (SSSR count). The van der Waals surface area contributed by atoms with Gasteiger partial charge >= 0.3 is 0 Å². The van der Waals surface area contributed by atoms with Gasteiger partial charge in [0.15, 0.2) is 69.1 Å². The minimum atomic E-state index is -3.43. The molecule has 0 radical (unpaired) electrons. The van der Waals surface area contributed by atoms with E-state index in [1.807, 2.05) is 44.2 Å². The molecule has 8 aromatic carbocycles. The molecule has 24 nitrogen and oxygen atoms in total. The molecule has 0 aliphatic heterocycles. The number of methoxy groups -OCH3 is 6. The van der Waals surface area contributed by atoms with Crippen molar-refractivity contribution in [3.8, 4) is 40.2 Å². The molecule has 31 heteroatoms. The van der Waals surface area contributed by atoms with Crippen LogP contribution in [0.4, 0.5) is 5.13 Å². The summed E-state index contributed by atoms with van der Waals surface area (Å²) in [7, 11) is -1.02. The van der Waals surface area contributed by atoms with Crippen molar-refractivity contribution in [2.24, 2.45) is 17.4 Å². The minimum absolute atomic E-state index is 0.0282. The number of nitrogens with zero attached hydrogens (tertiary/aromatic N) is 3. The molecule has 105 heavy (non-hydrogen) atoms. The number of nitrogens with one attached hydrogen (secondary N) is 1. The van der Waals surface area contributed by atoms with Crippen LogP contribution < -0.4 is 49.9 Å². The van der Waals surface area contributed by atoms with Gasteiger partial charge in [0.1, 0.15) is 15.8 Å². The van der Waals surface area contributed by atoms with Crippen molar-refractivity contribution < 1.29 is 82.3 Å². The quantitative estimate of drug-likeness (QED) is 0.0392. The molecular formula is C74H77ClN6O18S6. The molecule has 0 spiro atoms. The number of halogens is 1. The fourth-order valence-corrected chi connectivity index (χ4v) is 16.6. The number of benzene rings is 8. The lowest BCUT2D eigenvalue weighted by Gasteiger charge is -2.30. The van der Waals surface area contributed by atoms with Crippen LogP contribution in [0.15, 0.2) is 178 Å². The van der Waals surface area contributed by atoms with Crippen LogP contribution in [-0.4, -0.2) is 124 Å². The Morgan fingerprint density at radius 3 is 1.24 bits per heavy atom. The van der Waals surface area contributed by atoms with E-state index in [4.69, 9.17) is 70.7 Å². The van der Waals surface area contributed by atoms with E-state index in [9.17, 15) is 39.6 Å². The maximum Gasteiger partial charge on any atom is 0.271 e. The van der Waals surface area contributed by atoms with Crippen molar-refractivity contribution in [1.29, 1.82) is 0 Å². The number of primary amides is 2. The highest BCUT2D eigenvalue weighted by Gasteiger charge is 2.47. The Kier molecular flexibility index (Phi) is 25.9. The van der Waals surface area contributed by atoms with E-state index in [0.29, 0.717) is 93.7 Å². The zero-order valence-electron chi connectivity index (χ0n) is 59.0. The van der Waals surface area contributed by atoms with Gasteiger partial charge in [0.05, 0.1) is 123 Å². The molecule has 0 saturated carbocycles. The lowest BCUT2D eigenvalue weighted by atomic mass is 9.93. The third kappa shape index (κ3) is 17.6. The normalized spacial score (nSPS) is 13.1. The SMILES string of the molecule is CCS(=O)(=O)c1ccc(C(OCC(C)C)(C(N)=O)c2nc3cc(OC)c(OC)cc3s2)cc1.CCS(=O)(=O)c1ccc(C(OCc2ccccc2)(C(N)=O)c2nc3cc(OC)c(OC)cc3s2)cc1.CCS(=O)(=O)c1ccc(C(Oc2ccccc2Cl)C(=O)Nc2nc3cc(OC)c(OC)cc3s2)cc1. The molecule has 3 aromatic heterocycles. The van der Waals surface area contributed by atoms with Crippen LogP contribution >= 0.6 is 45.6 Å². The number of carbonyl (C=O) groups excluding carboxylic acids is 3. The van der Waals surface area contributed by atoms with Crippen molar-refractivity contribution in [2.75, 3.05) is 71.8 Å². The maximum absolute atomic E-state index is 13.4. The summed E-state index contributed by atoms with van der Waals surface area (Å²) in [5, 5.41) is 4.13. The molecule has 0 saturated heterocycles. The predicted octanol–water partition coefficient (Wildman–Crippen LogP) is 13.1. The van der Waals surface area contributed by atoms with Gasteiger partial charge in [-0.1, -0.05) is 136 Å². The third-order valence-corrected chi connectivity index (χ3v) is 25.1. The lowest BCUT2D eigenvalue weighted by molar-refractivity contribution is -0.141. The summed E-state index contributed by atoms with van der Waals surface area (Å²) in [6, 6.07) is 44.7. The van der Waals surface area contributed by atoms with Crippen LogP contribution in [0.1, 0.15) is 73.0 Å². The summed E-state index contributed by atoms with van der Waals surface area (Å²) in [6.07, 6.45) is -1.13. The van der Waals surface area contributed by atoms with Crippen LogP contribution in [-0.2, 0) is 71.2 Å². The second-order valence-electron chi connectivity index (χ2n) is 23.4. The monoisotopic (exact) mass is 1560 g/mol. The van der Waals surface area contributed by atoms with Crippen molar-refractivity contribution in [3.05, 3.63) is 201 Å². The number of thiazole rings is 3. The third-order valence-electron chi connectivity index (χ3n) is 16.4. The summed E-state index contributed by atoms with van der Waals surface area (Å²) >= 11 is 10.0. The summed E-state index contributed by atoms with van der Waals surface area (Å²) in [5.41, 5.74) is 12.4. The molecule has 554 valence electrons. The van der Waals surface area contributed by atoms with E-state index in [2.05, 4.69) is 15.3 Å². The average Bonchev–Trinajstić information content (AvgIpc) is 1.68. The number of aromatic nitrogens is 3. The van der Waals surface area contributed by atoms with Gasteiger partial charge in [-0.3, -0.25) is 19.7 Å². The lowest BCUT2D eigenvalue weighted by Crippen LogP contribution is -2.45. The van der Waals surface area contributed by atoms with Crippen molar-refractivity contribution in [1.82, 2.24) is 15.0 Å². The fraction of sp³-hybridized carbons (Fsp3) is 0.270. The molecule has 0 fully saturated rings. The van der Waals surface area contributed by atoms with Gasteiger partial charge in [0.25, 0.3) is 17.7 Å². The van der Waals surface area contributed by atoms with Crippen LogP contribution in [0.3, 0.4) is 0 Å². The summed E-state index contributed by atoms with van der Waals surface area (Å²) in [4.78, 5) is 53.9. The number of para-hydroxylation sites is 1. The number of nitrogens with two attached hydrogens (primary N) is 2. The molecule has 0 aliphatic carbocycles. The summed E-state index contributed by atoms with van der Waals surface area (Å²) in [6.45, 7) is 8.94. The van der Waals surface area contributed by atoms with Crippen LogP contribution in [0, 0.1) is 5.92 Å². The highest BCUT2D eigenvalue weighted by Crippen LogP contribution is 2.45. The first-order valence-corrected chi connectivity index (χ1v) is 40.1. The van der Waals surface area contributed by atoms with Crippen molar-refractivity contribution >= 4 is 129 Å². The van der Waals surface area contributed by atoms with Crippen LogP contribution in [0.2, 0.25) is 5.02 Å². The summed E-state index contributed by atoms with van der Waals surface area (Å²) < 4.78 is 127. The Hall–Kier alpha value is -9.50. The first-order chi connectivity index (χ1) is 50.1. The highest BCUT2D eigenvalue weighted by molar-refractivity contribution is 7.92. The summed E-state index contributed by atoms with van der Waals surface area (Å²) in [5.74, 6) is 1.41. The number of hydrogen-bond donors (Lipinski definition) is 3. The molecule has 11 aromatic rings. The standard InChI is InChI=1S/C26H26N2O6S2.C25H23ClN2O6S2.C23H28N2O6S2/c1-4-36(30,31)19-12-10-18(11-13-19)26(24(27)29,34-16-17-8-6-5-7-9-17)25-28-20-14-21(32-2)22(33-3)15-23(20)35-25;1-4-36(30,31)16-11-9-15(10-12-16)23(34-19-8-6-5-7-17(19)26)24(29)28-25-27-18-13-20(32-2)21(33-3)14-22(18)35-25;1-6-33(27,28)16-9-7-15(8-10-16)23(21(24)26,31-13-14(2)3)22-25-17-11-18(29-4)19(30-5)12-20(17)32-22/h5-15H,4,16H2,1-3H3,(H2,27,29);5-14,23H,4H2,1-3H3,(H,27,28,29);7-12,14H,6,13H2,1-5H3,(H2,24,26). The number of rotatable bonds is 29. The minimum Gasteiger partial charge on any atom is -0.493 e. The topological polar surface area (TPSA) is 339 Å². The Morgan fingerprint density at radius 2 is 0.848 bits per heavy atom. The smallest absolute Gasteiger partial charge is 0.271 e. The number of carbonyl (C=O) groups is 3. The van der Waals surface area contributed by atoms with E-state index in [1.165, 1.54) is 106 Å². The number of sulfone groups is 3. The van der Waals surface area contributed by atoms with Gasteiger partial charge in [-0.2, -0.15) is 0 Å². The molecule has 0 aliphatic rings. The number of fused-ring (bicyclic) bond motifs is 3. The van der Waals surface area contributed by atoms with Crippen molar-refractivity contribution in [2.45, 2.75) is 73.2 Å². The van der Waals surface area contributed by atoms with Crippen molar-refractivity contribution in [3.63, 3.8) is 0 Å². The van der Waals surface area contributed by atoms with E-state index in [-0.39, 0.29) is 51.1 Å². The van der Waals surface area contributed by atoms with E-state index < -0.39 is 64.5 Å². The number of ether oxygens (including phenoxy) is 9. The zero-order chi connectivity index (χ0) is 76.2. The molecule has 3 amide bonds. The average molecular weight is 1570 g/mol. The molecule has 3 heterocycles. The molecular weight excluding hydrogens is 1490 g/mol. The van der Waals surface area contributed by atoms with E-state index in [0.717, 1.165) is 19.7 Å². The van der Waals surface area contributed by atoms with E-state index in [1.54, 1.807) is 125 Å². The van der Waals surface area contributed by atoms with Gasteiger partial charge in [-0.05, 0) is 60.0 Å². The maximum atomic E-state index is 13.4. The molecule has 5 N–H and O–H groups in total. The highest BCUT2D eigenvalue weighted by atomic mass is 35.5. The Balaban J connectivity index is 0.000000183. The number of hydrogen-bond acceptors (Lipinski definition) is 24. The van der Waals surface area contributed by atoms with Gasteiger partial charge in [0.2, 0.25) is 17.3 Å². The zero-order valence-corrected chi connectivity index (χ0v) is 64.6. The first-order valence-electron chi connectivity index (χ1n) is 32.3. The number of amides is 3. The van der Waals surface area contributed by atoms with Gasteiger partial charge < -0.3 is 54.1 Å². The van der Waals surface area contributed by atoms with Gasteiger partial charge in [0, 0.05) is 53.1 Å². The molecule has 3 unspecified atom stereocenters. The number of anilines is 1.